The van der Waals surface area contributed by atoms with E-state index in [0.717, 1.165) is 19.4 Å². The highest BCUT2D eigenvalue weighted by Crippen LogP contribution is 2.26. The smallest absolute Gasteiger partial charge is 0.314 e. The predicted molar refractivity (Wildman–Crippen MR) is 53.6 cm³/mol. The van der Waals surface area contributed by atoms with Gasteiger partial charge in [-0.3, -0.25) is 0 Å². The number of rotatable bonds is 2. The topological polar surface area (TPSA) is 41.1 Å². The van der Waals surface area contributed by atoms with Crippen LogP contribution in [0.2, 0.25) is 0 Å². The van der Waals surface area contributed by atoms with Gasteiger partial charge in [0.05, 0.1) is 0 Å². The van der Waals surface area contributed by atoms with Crippen molar-refractivity contribution in [3.05, 3.63) is 12.2 Å². The molecule has 1 atom stereocenters. The van der Waals surface area contributed by atoms with Crippen molar-refractivity contribution in [2.45, 2.75) is 25.7 Å². The molecule has 3 heteroatoms. The molecule has 0 bridgehead atoms. The van der Waals surface area contributed by atoms with Crippen molar-refractivity contribution in [2.75, 3.05) is 13.6 Å². The molecule has 2 N–H and O–H groups in total. The molecule has 0 aromatic rings. The molecule has 2 amide bonds. The molecule has 1 aliphatic rings. The first kappa shape index (κ1) is 10.1. The Morgan fingerprint density at radius 1 is 1.69 bits per heavy atom. The first-order chi connectivity index (χ1) is 6.22. The second-order valence-corrected chi connectivity index (χ2v) is 3.67. The second kappa shape index (κ2) is 4.90. The van der Waals surface area contributed by atoms with Crippen LogP contribution < -0.4 is 10.6 Å². The standard InChI is InChI=1S/C10H18N2O/c1-8-4-3-5-9(6-8)7-12-10(13)11-2/h9H,1,3-7H2,2H3,(H2,11,12,13). The molecule has 0 radical (unpaired) electrons. The molecule has 1 saturated carbocycles. The number of nitrogens with one attached hydrogen (secondary N) is 2. The van der Waals surface area contributed by atoms with Crippen molar-refractivity contribution < 1.29 is 4.79 Å². The lowest BCUT2D eigenvalue weighted by Crippen LogP contribution is -2.36. The summed E-state index contributed by atoms with van der Waals surface area (Å²) in [5.41, 5.74) is 1.33. The maximum Gasteiger partial charge on any atom is 0.314 e. The summed E-state index contributed by atoms with van der Waals surface area (Å²) in [6.45, 7) is 4.76. The van der Waals surface area contributed by atoms with Crippen LogP contribution in [0, 0.1) is 5.92 Å². The van der Waals surface area contributed by atoms with Crippen LogP contribution in [0.4, 0.5) is 4.79 Å². The van der Waals surface area contributed by atoms with E-state index >= 15 is 0 Å². The molecule has 74 valence electrons. The van der Waals surface area contributed by atoms with Crippen molar-refractivity contribution in [1.82, 2.24) is 10.6 Å². The summed E-state index contributed by atoms with van der Waals surface area (Å²) in [6.07, 6.45) is 4.67. The highest BCUT2D eigenvalue weighted by molar-refractivity contribution is 5.73. The largest absolute Gasteiger partial charge is 0.341 e. The zero-order valence-corrected chi connectivity index (χ0v) is 8.23. The lowest BCUT2D eigenvalue weighted by Gasteiger charge is -2.23. The third-order valence-electron chi connectivity index (χ3n) is 2.50. The molecule has 1 fully saturated rings. The molecule has 0 aliphatic heterocycles. The molecular formula is C10H18N2O. The summed E-state index contributed by atoms with van der Waals surface area (Å²) >= 11 is 0. The first-order valence-electron chi connectivity index (χ1n) is 4.84. The lowest BCUT2D eigenvalue weighted by atomic mass is 9.86. The van der Waals surface area contributed by atoms with Gasteiger partial charge in [0.25, 0.3) is 0 Å². The van der Waals surface area contributed by atoms with E-state index < -0.39 is 0 Å². The Balaban J connectivity index is 2.20. The van der Waals surface area contributed by atoms with Crippen LogP contribution >= 0.6 is 0 Å². The first-order valence-corrected chi connectivity index (χ1v) is 4.84. The number of urea groups is 1. The quantitative estimate of drug-likeness (QED) is 0.626. The van der Waals surface area contributed by atoms with E-state index in [1.54, 1.807) is 7.05 Å². The van der Waals surface area contributed by atoms with Crippen LogP contribution in [0.3, 0.4) is 0 Å². The van der Waals surface area contributed by atoms with Crippen molar-refractivity contribution >= 4 is 6.03 Å². The van der Waals surface area contributed by atoms with E-state index in [2.05, 4.69) is 17.2 Å². The zero-order chi connectivity index (χ0) is 9.68. The zero-order valence-electron chi connectivity index (χ0n) is 8.23. The summed E-state index contributed by atoms with van der Waals surface area (Å²) in [5, 5.41) is 5.37. The van der Waals surface area contributed by atoms with E-state index in [1.165, 1.54) is 18.4 Å². The van der Waals surface area contributed by atoms with Crippen LogP contribution in [-0.4, -0.2) is 19.6 Å². The van der Waals surface area contributed by atoms with Gasteiger partial charge in [-0.1, -0.05) is 12.2 Å². The average Bonchev–Trinajstić information content (AvgIpc) is 2.14. The van der Waals surface area contributed by atoms with Gasteiger partial charge < -0.3 is 10.6 Å². The minimum atomic E-state index is -0.0869. The van der Waals surface area contributed by atoms with Crippen LogP contribution in [0.5, 0.6) is 0 Å². The molecule has 13 heavy (non-hydrogen) atoms. The molecule has 1 unspecified atom stereocenters. The van der Waals surface area contributed by atoms with E-state index in [-0.39, 0.29) is 6.03 Å². The Hall–Kier alpha value is -0.990. The normalized spacial score (nSPS) is 22.5. The Morgan fingerprint density at radius 2 is 2.46 bits per heavy atom. The van der Waals surface area contributed by atoms with Gasteiger partial charge >= 0.3 is 6.03 Å². The van der Waals surface area contributed by atoms with Crippen LogP contribution in [0.15, 0.2) is 12.2 Å². The second-order valence-electron chi connectivity index (χ2n) is 3.67. The van der Waals surface area contributed by atoms with E-state index in [4.69, 9.17) is 0 Å². The number of allylic oxidation sites excluding steroid dienone is 1. The third-order valence-corrected chi connectivity index (χ3v) is 2.50. The molecule has 1 rings (SSSR count). The monoisotopic (exact) mass is 182 g/mol. The highest BCUT2D eigenvalue weighted by atomic mass is 16.2. The van der Waals surface area contributed by atoms with Crippen molar-refractivity contribution in [2.24, 2.45) is 5.92 Å². The van der Waals surface area contributed by atoms with E-state index in [1.807, 2.05) is 0 Å². The summed E-state index contributed by atoms with van der Waals surface area (Å²) < 4.78 is 0. The Bertz CT molecular complexity index is 201. The third kappa shape index (κ3) is 3.49. The van der Waals surface area contributed by atoms with Crippen molar-refractivity contribution in [3.8, 4) is 0 Å². The van der Waals surface area contributed by atoms with Gasteiger partial charge in [0, 0.05) is 13.6 Å². The summed E-state index contributed by atoms with van der Waals surface area (Å²) in [5.74, 6) is 0.596. The van der Waals surface area contributed by atoms with Gasteiger partial charge in [-0.2, -0.15) is 0 Å². The average molecular weight is 182 g/mol. The Morgan fingerprint density at radius 3 is 3.08 bits per heavy atom. The maximum absolute atomic E-state index is 10.9. The van der Waals surface area contributed by atoms with Crippen molar-refractivity contribution in [3.63, 3.8) is 0 Å². The predicted octanol–water partition coefficient (Wildman–Crippen LogP) is 1.66. The van der Waals surface area contributed by atoms with Gasteiger partial charge in [0.2, 0.25) is 0 Å². The number of amides is 2. The van der Waals surface area contributed by atoms with E-state index in [9.17, 15) is 4.79 Å². The number of carbonyl (C=O) groups is 1. The molecule has 0 saturated heterocycles. The molecule has 0 spiro atoms. The number of hydrogen-bond acceptors (Lipinski definition) is 1. The molecule has 3 nitrogen and oxygen atoms in total. The SMILES string of the molecule is C=C1CCCC(CNC(=O)NC)C1. The Kier molecular flexibility index (Phi) is 3.80. The van der Waals surface area contributed by atoms with E-state index in [0.29, 0.717) is 5.92 Å². The molecular weight excluding hydrogens is 164 g/mol. The fourth-order valence-corrected chi connectivity index (χ4v) is 1.75. The van der Waals surface area contributed by atoms with Gasteiger partial charge in [-0.15, -0.1) is 0 Å². The van der Waals surface area contributed by atoms with Gasteiger partial charge in [0.1, 0.15) is 0 Å². The van der Waals surface area contributed by atoms with Crippen molar-refractivity contribution in [1.29, 1.82) is 0 Å². The fourth-order valence-electron chi connectivity index (χ4n) is 1.75. The van der Waals surface area contributed by atoms with Gasteiger partial charge in [-0.05, 0) is 31.6 Å². The highest BCUT2D eigenvalue weighted by Gasteiger charge is 2.15. The summed E-state index contributed by atoms with van der Waals surface area (Å²) in [6, 6.07) is -0.0869. The van der Waals surface area contributed by atoms with Crippen LogP contribution in [-0.2, 0) is 0 Å². The molecule has 0 heterocycles. The van der Waals surface area contributed by atoms with Gasteiger partial charge in [0.15, 0.2) is 0 Å². The minimum absolute atomic E-state index is 0.0869. The summed E-state index contributed by atoms with van der Waals surface area (Å²) in [7, 11) is 1.63. The van der Waals surface area contributed by atoms with Crippen LogP contribution in [0.25, 0.3) is 0 Å². The molecule has 0 aromatic carbocycles. The minimum Gasteiger partial charge on any atom is -0.341 e. The molecule has 1 aliphatic carbocycles. The van der Waals surface area contributed by atoms with Crippen LogP contribution in [0.1, 0.15) is 25.7 Å². The summed E-state index contributed by atoms with van der Waals surface area (Å²) in [4.78, 5) is 10.9. The number of carbonyl (C=O) groups excluding carboxylic acids is 1. The fraction of sp³-hybridized carbons (Fsp3) is 0.700. The van der Waals surface area contributed by atoms with Gasteiger partial charge in [-0.25, -0.2) is 4.79 Å². The lowest BCUT2D eigenvalue weighted by molar-refractivity contribution is 0.239. The maximum atomic E-state index is 10.9. The Labute approximate surface area is 79.6 Å². The molecule has 0 aromatic heterocycles. The number of hydrogen-bond donors (Lipinski definition) is 2.